The number of ether oxygens (including phenoxy) is 2. The van der Waals surface area contributed by atoms with Gasteiger partial charge in [0, 0.05) is 24.7 Å². The summed E-state index contributed by atoms with van der Waals surface area (Å²) in [5, 5.41) is 3.44. The van der Waals surface area contributed by atoms with Gasteiger partial charge in [-0.1, -0.05) is 26.0 Å². The molecule has 4 heteroatoms. The Bertz CT molecular complexity index is 429. The average Bonchev–Trinajstić information content (AvgIpc) is 2.99. The second kappa shape index (κ2) is 8.25. The minimum atomic E-state index is 0.452. The number of methoxy groups -OCH3 is 1. The summed E-state index contributed by atoms with van der Waals surface area (Å²) in [5.41, 5.74) is 1.16. The number of benzene rings is 1. The highest BCUT2D eigenvalue weighted by molar-refractivity contribution is 5.46. The molecule has 0 saturated carbocycles. The Morgan fingerprint density at radius 2 is 2.00 bits per heavy atom. The maximum atomic E-state index is 6.05. The fourth-order valence-corrected chi connectivity index (χ4v) is 2.62. The molecule has 0 bridgehead atoms. The van der Waals surface area contributed by atoms with E-state index >= 15 is 0 Å². The standard InChI is InChI=1S/C17H28N2O2/c1-14(2)18-13-15-7-6-8-16(20-3)17(15)21-12-11-19-9-4-5-10-19/h6-8,14,18H,4-5,9-13H2,1-3H3. The monoisotopic (exact) mass is 292 g/mol. The van der Waals surface area contributed by atoms with E-state index in [0.717, 1.165) is 36.8 Å². The first-order chi connectivity index (χ1) is 10.2. The third-order valence-corrected chi connectivity index (χ3v) is 3.83. The van der Waals surface area contributed by atoms with Gasteiger partial charge in [0.2, 0.25) is 0 Å². The number of rotatable bonds is 8. The van der Waals surface area contributed by atoms with E-state index < -0.39 is 0 Å². The Morgan fingerprint density at radius 1 is 1.24 bits per heavy atom. The van der Waals surface area contributed by atoms with Crippen LogP contribution in [0.15, 0.2) is 18.2 Å². The predicted molar refractivity (Wildman–Crippen MR) is 86.1 cm³/mol. The van der Waals surface area contributed by atoms with Crippen molar-refractivity contribution in [1.82, 2.24) is 10.2 Å². The first kappa shape index (κ1) is 16.1. The third-order valence-electron chi connectivity index (χ3n) is 3.83. The predicted octanol–water partition coefficient (Wildman–Crippen LogP) is 2.67. The van der Waals surface area contributed by atoms with Crippen molar-refractivity contribution in [3.05, 3.63) is 23.8 Å². The van der Waals surface area contributed by atoms with Crippen molar-refractivity contribution >= 4 is 0 Å². The maximum absolute atomic E-state index is 6.05. The first-order valence-electron chi connectivity index (χ1n) is 7.95. The molecule has 0 amide bonds. The van der Waals surface area contributed by atoms with Crippen LogP contribution in [0.4, 0.5) is 0 Å². The summed E-state index contributed by atoms with van der Waals surface area (Å²) < 4.78 is 11.5. The maximum Gasteiger partial charge on any atom is 0.165 e. The fourth-order valence-electron chi connectivity index (χ4n) is 2.62. The van der Waals surface area contributed by atoms with E-state index in [1.165, 1.54) is 25.9 Å². The van der Waals surface area contributed by atoms with Crippen molar-refractivity contribution < 1.29 is 9.47 Å². The normalized spacial score (nSPS) is 15.6. The van der Waals surface area contributed by atoms with E-state index in [4.69, 9.17) is 9.47 Å². The first-order valence-corrected chi connectivity index (χ1v) is 7.95. The topological polar surface area (TPSA) is 33.7 Å². The minimum absolute atomic E-state index is 0.452. The Hall–Kier alpha value is -1.26. The molecule has 1 aromatic carbocycles. The summed E-state index contributed by atoms with van der Waals surface area (Å²) in [6.07, 6.45) is 2.64. The highest BCUT2D eigenvalue weighted by Crippen LogP contribution is 2.31. The van der Waals surface area contributed by atoms with Gasteiger partial charge in [-0.25, -0.2) is 0 Å². The lowest BCUT2D eigenvalue weighted by Crippen LogP contribution is -2.26. The van der Waals surface area contributed by atoms with E-state index in [1.54, 1.807) is 7.11 Å². The number of para-hydroxylation sites is 1. The number of likely N-dealkylation sites (tertiary alicyclic amines) is 1. The van der Waals surface area contributed by atoms with Crippen molar-refractivity contribution in [2.75, 3.05) is 33.4 Å². The van der Waals surface area contributed by atoms with Crippen molar-refractivity contribution in [3.8, 4) is 11.5 Å². The summed E-state index contributed by atoms with van der Waals surface area (Å²) in [6, 6.07) is 6.53. The van der Waals surface area contributed by atoms with Gasteiger partial charge in [-0.15, -0.1) is 0 Å². The molecule has 0 atom stereocenters. The molecule has 2 rings (SSSR count). The van der Waals surface area contributed by atoms with Crippen molar-refractivity contribution in [3.63, 3.8) is 0 Å². The molecule has 0 spiro atoms. The molecule has 1 N–H and O–H groups in total. The van der Waals surface area contributed by atoms with Gasteiger partial charge in [0.1, 0.15) is 6.61 Å². The summed E-state index contributed by atoms with van der Waals surface area (Å²) in [6.45, 7) is 9.22. The Balaban J connectivity index is 1.96. The zero-order valence-electron chi connectivity index (χ0n) is 13.5. The van der Waals surface area contributed by atoms with Crippen molar-refractivity contribution in [2.45, 2.75) is 39.3 Å². The zero-order valence-corrected chi connectivity index (χ0v) is 13.5. The van der Waals surface area contributed by atoms with Gasteiger partial charge in [0.15, 0.2) is 11.5 Å². The smallest absolute Gasteiger partial charge is 0.165 e. The lowest BCUT2D eigenvalue weighted by Gasteiger charge is -2.19. The second-order valence-electron chi connectivity index (χ2n) is 5.88. The van der Waals surface area contributed by atoms with Crippen LogP contribution in [-0.4, -0.2) is 44.3 Å². The molecule has 4 nitrogen and oxygen atoms in total. The van der Waals surface area contributed by atoms with Crippen LogP contribution in [0, 0.1) is 0 Å². The van der Waals surface area contributed by atoms with Crippen LogP contribution in [0.5, 0.6) is 11.5 Å². The van der Waals surface area contributed by atoms with Crippen LogP contribution in [0.3, 0.4) is 0 Å². The Kier molecular flexibility index (Phi) is 6.33. The molecule has 0 radical (unpaired) electrons. The highest BCUT2D eigenvalue weighted by Gasteiger charge is 2.14. The third kappa shape index (κ3) is 4.90. The summed E-state index contributed by atoms with van der Waals surface area (Å²) in [5.74, 6) is 1.70. The van der Waals surface area contributed by atoms with Crippen LogP contribution >= 0.6 is 0 Å². The van der Waals surface area contributed by atoms with Crippen molar-refractivity contribution in [1.29, 1.82) is 0 Å². The molecule has 1 aliphatic rings. The molecule has 21 heavy (non-hydrogen) atoms. The second-order valence-corrected chi connectivity index (χ2v) is 5.88. The van der Waals surface area contributed by atoms with Gasteiger partial charge >= 0.3 is 0 Å². The van der Waals surface area contributed by atoms with Gasteiger partial charge in [-0.2, -0.15) is 0 Å². The van der Waals surface area contributed by atoms with Gasteiger partial charge in [-0.3, -0.25) is 4.90 Å². The molecule has 1 saturated heterocycles. The molecule has 1 aromatic rings. The van der Waals surface area contributed by atoms with Crippen LogP contribution in [0.25, 0.3) is 0 Å². The van der Waals surface area contributed by atoms with E-state index in [1.807, 2.05) is 12.1 Å². The largest absolute Gasteiger partial charge is 0.493 e. The molecular formula is C17H28N2O2. The average molecular weight is 292 g/mol. The molecular weight excluding hydrogens is 264 g/mol. The Labute approximate surface area is 128 Å². The molecule has 0 aromatic heterocycles. The molecule has 1 fully saturated rings. The van der Waals surface area contributed by atoms with Gasteiger partial charge in [0.05, 0.1) is 7.11 Å². The van der Waals surface area contributed by atoms with Gasteiger partial charge in [0.25, 0.3) is 0 Å². The summed E-state index contributed by atoms with van der Waals surface area (Å²) in [4.78, 5) is 2.46. The van der Waals surface area contributed by atoms with Crippen molar-refractivity contribution in [2.24, 2.45) is 0 Å². The summed E-state index contributed by atoms with van der Waals surface area (Å²) in [7, 11) is 1.70. The van der Waals surface area contributed by atoms with Gasteiger partial charge in [-0.05, 0) is 32.0 Å². The number of hydrogen-bond acceptors (Lipinski definition) is 4. The molecule has 118 valence electrons. The quantitative estimate of drug-likeness (QED) is 0.799. The number of hydrogen-bond donors (Lipinski definition) is 1. The fraction of sp³-hybridized carbons (Fsp3) is 0.647. The highest BCUT2D eigenvalue weighted by atomic mass is 16.5. The van der Waals surface area contributed by atoms with E-state index in [9.17, 15) is 0 Å². The van der Waals surface area contributed by atoms with E-state index in [2.05, 4.69) is 30.1 Å². The van der Waals surface area contributed by atoms with E-state index in [0.29, 0.717) is 6.04 Å². The van der Waals surface area contributed by atoms with Crippen LogP contribution in [0.1, 0.15) is 32.3 Å². The molecule has 1 heterocycles. The molecule has 1 aliphatic heterocycles. The zero-order chi connectivity index (χ0) is 15.1. The Morgan fingerprint density at radius 3 is 2.67 bits per heavy atom. The summed E-state index contributed by atoms with van der Waals surface area (Å²) >= 11 is 0. The van der Waals surface area contributed by atoms with Crippen LogP contribution in [0.2, 0.25) is 0 Å². The molecule has 0 unspecified atom stereocenters. The number of nitrogens with one attached hydrogen (secondary N) is 1. The van der Waals surface area contributed by atoms with E-state index in [-0.39, 0.29) is 0 Å². The lowest BCUT2D eigenvalue weighted by atomic mass is 10.1. The lowest BCUT2D eigenvalue weighted by molar-refractivity contribution is 0.228. The minimum Gasteiger partial charge on any atom is -0.493 e. The van der Waals surface area contributed by atoms with Crippen LogP contribution < -0.4 is 14.8 Å². The van der Waals surface area contributed by atoms with Crippen LogP contribution in [-0.2, 0) is 6.54 Å². The van der Waals surface area contributed by atoms with Gasteiger partial charge < -0.3 is 14.8 Å². The SMILES string of the molecule is COc1cccc(CNC(C)C)c1OCCN1CCCC1. The molecule has 0 aliphatic carbocycles. The number of nitrogens with zero attached hydrogens (tertiary/aromatic N) is 1.